The van der Waals surface area contributed by atoms with Crippen molar-refractivity contribution in [1.82, 2.24) is 0 Å². The molecule has 4 nitrogen and oxygen atoms in total. The van der Waals surface area contributed by atoms with Gasteiger partial charge in [0.1, 0.15) is 0 Å². The van der Waals surface area contributed by atoms with Gasteiger partial charge >= 0.3 is 1.43 Å². The first-order chi connectivity index (χ1) is 2.00. The molecule has 0 bridgehead atoms. The highest BCUT2D eigenvalue weighted by atomic mass is 31.2. The zero-order valence-electron chi connectivity index (χ0n) is 3.16. The molecule has 40 valence electrons. The zero-order chi connectivity index (χ0) is 4.50. The minimum absolute atomic E-state index is 0. The molecule has 0 aliphatic heterocycles. The molecule has 0 amide bonds. The molecule has 0 aromatic rings. The first kappa shape index (κ1) is 9.59. The van der Waals surface area contributed by atoms with Gasteiger partial charge in [-0.05, 0) is 11.0 Å². The fourth-order valence-corrected chi connectivity index (χ4v) is 0. The van der Waals surface area contributed by atoms with Crippen LogP contribution in [0, 0.1) is 0 Å². The van der Waals surface area contributed by atoms with Crippen molar-refractivity contribution < 1.29 is 20.7 Å². The van der Waals surface area contributed by atoms with Crippen molar-refractivity contribution in [1.29, 1.82) is 0 Å². The van der Waals surface area contributed by atoms with Crippen LogP contribution in [0.2, 0.25) is 0 Å². The maximum absolute atomic E-state index is 8.77. The Hall–Kier alpha value is 0.327. The van der Waals surface area contributed by atoms with Crippen LogP contribution in [0.25, 0.3) is 0 Å². The van der Waals surface area contributed by atoms with Crippen molar-refractivity contribution >= 4 is 18.8 Å². The van der Waals surface area contributed by atoms with Crippen LogP contribution in [0.3, 0.4) is 0 Å². The Labute approximate surface area is 40.6 Å². The molecular formula is H7O4PSi. The second kappa shape index (κ2) is 2.49. The Morgan fingerprint density at radius 3 is 1.67 bits per heavy atom. The minimum atomic E-state index is -4.89. The highest BCUT2D eigenvalue weighted by Crippen LogP contribution is 2.18. The Bertz CT molecular complexity index is 57.8. The molecule has 0 fully saturated rings. The lowest BCUT2D eigenvalue weighted by Gasteiger charge is -2.01. The van der Waals surface area contributed by atoms with E-state index in [1.807, 2.05) is 0 Å². The smallest absolute Gasteiger partial charge is 0.756 e. The Morgan fingerprint density at radius 2 is 1.67 bits per heavy atom. The van der Waals surface area contributed by atoms with Crippen LogP contribution in [0.1, 0.15) is 1.43 Å². The second-order valence-corrected chi connectivity index (χ2v) is 1.47. The van der Waals surface area contributed by atoms with Gasteiger partial charge in [-0.3, -0.25) is 4.57 Å². The molecule has 2 N–H and O–H groups in total. The first-order valence-electron chi connectivity index (χ1n) is 0.765. The molecule has 0 saturated carbocycles. The Balaban J connectivity index is -0.0000000800. The van der Waals surface area contributed by atoms with Crippen LogP contribution >= 0.6 is 7.82 Å². The van der Waals surface area contributed by atoms with E-state index in [-0.39, 0.29) is 12.4 Å². The monoisotopic (exact) mass is 130 g/mol. The molecule has 0 aliphatic rings. The van der Waals surface area contributed by atoms with Gasteiger partial charge < -0.3 is 14.7 Å². The molecule has 0 atom stereocenters. The van der Waals surface area contributed by atoms with E-state index in [2.05, 4.69) is 0 Å². The van der Waals surface area contributed by atoms with Crippen molar-refractivity contribution in [2.75, 3.05) is 0 Å². The summed E-state index contributed by atoms with van der Waals surface area (Å²) in [6, 6.07) is 0. The van der Waals surface area contributed by atoms with E-state index in [1.165, 1.54) is 0 Å². The summed E-state index contributed by atoms with van der Waals surface area (Å²) in [5.74, 6) is 0. The van der Waals surface area contributed by atoms with Crippen LogP contribution in [0.4, 0.5) is 0 Å². The van der Waals surface area contributed by atoms with E-state index >= 15 is 0 Å². The fraction of sp³-hybridized carbons (Fsp3) is 0. The third-order valence-corrected chi connectivity index (χ3v) is 0. The van der Waals surface area contributed by atoms with Gasteiger partial charge in [-0.25, -0.2) is 0 Å². The summed E-state index contributed by atoms with van der Waals surface area (Å²) < 4.78 is 8.77. The molecular weight excluding hydrogens is 123 g/mol. The van der Waals surface area contributed by atoms with E-state index in [9.17, 15) is 0 Å². The third kappa shape index (κ3) is 448. The molecule has 0 unspecified atom stereocenters. The quantitative estimate of drug-likeness (QED) is 0.272. The number of hydrogen-bond acceptors (Lipinski definition) is 2. The van der Waals surface area contributed by atoms with E-state index in [1.54, 1.807) is 0 Å². The van der Waals surface area contributed by atoms with Gasteiger partial charge in [-0.1, -0.05) is 0 Å². The van der Waals surface area contributed by atoms with E-state index in [4.69, 9.17) is 19.2 Å². The molecule has 0 aromatic carbocycles. The van der Waals surface area contributed by atoms with Crippen molar-refractivity contribution in [2.24, 2.45) is 0 Å². The Kier molecular flexibility index (Phi) is 3.98. The van der Waals surface area contributed by atoms with Crippen LogP contribution in [0.15, 0.2) is 0 Å². The lowest BCUT2D eigenvalue weighted by atomic mass is 15.8. The van der Waals surface area contributed by atoms with Crippen molar-refractivity contribution in [3.05, 3.63) is 0 Å². The molecule has 6 heteroatoms. The summed E-state index contributed by atoms with van der Waals surface area (Å²) in [4.78, 5) is 22.9. The summed E-state index contributed by atoms with van der Waals surface area (Å²) in [6.07, 6.45) is 0. The summed E-state index contributed by atoms with van der Waals surface area (Å²) >= 11 is 0. The van der Waals surface area contributed by atoms with Crippen LogP contribution in [-0.4, -0.2) is 20.8 Å². The topological polar surface area (TPSA) is 80.6 Å². The predicted octanol–water partition coefficient (Wildman–Crippen LogP) is -2.90. The molecule has 0 aromatic heterocycles. The van der Waals surface area contributed by atoms with Crippen LogP contribution in [0.5, 0.6) is 0 Å². The van der Waals surface area contributed by atoms with Crippen molar-refractivity contribution in [2.45, 2.75) is 0 Å². The molecule has 0 spiro atoms. The lowest BCUT2D eigenvalue weighted by molar-refractivity contribution is -0.214. The molecule has 0 saturated heterocycles. The van der Waals surface area contributed by atoms with Gasteiger partial charge in [-0.15, -0.1) is 0 Å². The minimum Gasteiger partial charge on any atom is -0.756 e. The van der Waals surface area contributed by atoms with E-state index < -0.39 is 7.82 Å². The highest BCUT2D eigenvalue weighted by Gasteiger charge is 1.82. The maximum atomic E-state index is 8.77. The first-order valence-corrected chi connectivity index (χ1v) is 2.30. The lowest BCUT2D eigenvalue weighted by Crippen LogP contribution is -1.94. The summed E-state index contributed by atoms with van der Waals surface area (Å²) in [7, 11) is -4.89. The summed E-state index contributed by atoms with van der Waals surface area (Å²) in [5, 5.41) is 0. The van der Waals surface area contributed by atoms with Gasteiger partial charge in [-0.2, -0.15) is 0 Å². The average molecular weight is 130 g/mol. The molecule has 0 heterocycles. The standard InChI is InChI=1S/H3O4P.H4Si/c1-5(2,3)4;/h(H3,1,2,3,4);1H4. The molecule has 0 aliphatic carbocycles. The van der Waals surface area contributed by atoms with Gasteiger partial charge in [0.15, 0.2) is 0 Å². The fourth-order valence-electron chi connectivity index (χ4n) is 0. The van der Waals surface area contributed by atoms with Gasteiger partial charge in [0.25, 0.3) is 7.82 Å². The van der Waals surface area contributed by atoms with Crippen LogP contribution in [-0.2, 0) is 4.57 Å². The second-order valence-electron chi connectivity index (χ2n) is 0.491. The largest absolute Gasteiger partial charge is 1.00 e. The molecule has 6 heavy (non-hydrogen) atoms. The average Bonchev–Trinajstić information content (AvgIpc) is 0.722. The number of rotatable bonds is 0. The van der Waals surface area contributed by atoms with Crippen LogP contribution < -0.4 is 4.89 Å². The zero-order valence-corrected chi connectivity index (χ0v) is 3.05. The number of hydrogen-bond donors (Lipinski definition) is 2. The maximum Gasteiger partial charge on any atom is 1.00 e. The number of phosphoric acid groups is 1. The van der Waals surface area contributed by atoms with Gasteiger partial charge in [0.05, 0.1) is 0 Å². The Morgan fingerprint density at radius 1 is 1.67 bits per heavy atom. The molecule has 0 radical (unpaired) electrons. The van der Waals surface area contributed by atoms with Crippen molar-refractivity contribution in [3.63, 3.8) is 0 Å². The SMILES string of the molecule is O=P([O-])(O)O.[H+].[SiH4]. The summed E-state index contributed by atoms with van der Waals surface area (Å²) in [6.45, 7) is 0. The molecule has 0 rings (SSSR count). The third-order valence-electron chi connectivity index (χ3n) is 0. The van der Waals surface area contributed by atoms with E-state index in [0.29, 0.717) is 0 Å². The normalized spacial score (nSPS) is 9.83. The highest BCUT2D eigenvalue weighted by molar-refractivity contribution is 7.43. The van der Waals surface area contributed by atoms with Gasteiger partial charge in [0.2, 0.25) is 0 Å². The van der Waals surface area contributed by atoms with E-state index in [0.717, 1.165) is 0 Å². The van der Waals surface area contributed by atoms with Gasteiger partial charge in [0, 0.05) is 0 Å². The predicted molar refractivity (Wildman–Crippen MR) is 24.5 cm³/mol. The summed E-state index contributed by atoms with van der Waals surface area (Å²) in [5.41, 5.74) is 0. The van der Waals surface area contributed by atoms with Crippen molar-refractivity contribution in [3.8, 4) is 0 Å².